The number of anilines is 2. The van der Waals surface area contributed by atoms with Crippen LogP contribution >= 0.6 is 0 Å². The summed E-state index contributed by atoms with van der Waals surface area (Å²) in [6.07, 6.45) is 0.741. The number of morpholine rings is 1. The van der Waals surface area contributed by atoms with E-state index in [1.165, 1.54) is 4.90 Å². The molecule has 1 saturated heterocycles. The Morgan fingerprint density at radius 2 is 1.56 bits per heavy atom. The third-order valence-electron chi connectivity index (χ3n) is 6.46. The fraction of sp³-hybridized carbons (Fsp3) is 0.407. The lowest BCUT2D eigenvalue weighted by molar-refractivity contribution is -0.136. The molecule has 0 spiro atoms. The highest BCUT2D eigenvalue weighted by Crippen LogP contribution is 2.31. The molecule has 2 heterocycles. The topological polar surface area (TPSA) is 65.1 Å². The monoisotopic (exact) mass is 462 g/mol. The van der Waals surface area contributed by atoms with Gasteiger partial charge in [0.2, 0.25) is 0 Å². The maximum atomic E-state index is 13.4. The van der Waals surface area contributed by atoms with Crippen molar-refractivity contribution in [1.29, 1.82) is 0 Å². The first-order valence-electron chi connectivity index (χ1n) is 12.2. The molecule has 1 fully saturated rings. The van der Waals surface area contributed by atoms with Crippen LogP contribution in [0.15, 0.2) is 60.3 Å². The van der Waals surface area contributed by atoms with Crippen LogP contribution in [0.1, 0.15) is 25.8 Å². The summed E-state index contributed by atoms with van der Waals surface area (Å²) < 4.78 is 5.40. The third kappa shape index (κ3) is 5.32. The second kappa shape index (κ2) is 11.3. The van der Waals surface area contributed by atoms with E-state index in [1.54, 1.807) is 0 Å². The van der Waals surface area contributed by atoms with Crippen LogP contribution in [0, 0.1) is 0 Å². The van der Waals surface area contributed by atoms with Gasteiger partial charge in [-0.2, -0.15) is 0 Å². The molecule has 7 nitrogen and oxygen atoms in total. The molecule has 4 rings (SSSR count). The Morgan fingerprint density at radius 3 is 2.21 bits per heavy atom. The number of carbonyl (C=O) groups excluding carboxylic acids is 2. The van der Waals surface area contributed by atoms with E-state index in [0.29, 0.717) is 17.8 Å². The van der Waals surface area contributed by atoms with Crippen LogP contribution in [0.2, 0.25) is 0 Å². The normalized spacial score (nSPS) is 16.9. The molecule has 0 radical (unpaired) electrons. The Morgan fingerprint density at radius 1 is 0.882 bits per heavy atom. The zero-order valence-corrected chi connectivity index (χ0v) is 20.1. The van der Waals surface area contributed by atoms with E-state index >= 15 is 0 Å². The molecule has 34 heavy (non-hydrogen) atoms. The lowest BCUT2D eigenvalue weighted by atomic mass is 10.0. The lowest BCUT2D eigenvalue weighted by Crippen LogP contribution is -2.39. The average molecular weight is 463 g/mol. The molecule has 0 atom stereocenters. The van der Waals surface area contributed by atoms with E-state index in [-0.39, 0.29) is 11.8 Å². The number of nitrogens with zero attached hydrogens (tertiary/aromatic N) is 3. The first-order valence-corrected chi connectivity index (χ1v) is 12.2. The van der Waals surface area contributed by atoms with Gasteiger partial charge in [-0.25, -0.2) is 0 Å². The Kier molecular flexibility index (Phi) is 7.98. The maximum absolute atomic E-state index is 13.4. The van der Waals surface area contributed by atoms with Gasteiger partial charge in [0.25, 0.3) is 11.8 Å². The highest BCUT2D eigenvalue weighted by atomic mass is 16.5. The van der Waals surface area contributed by atoms with Crippen molar-refractivity contribution >= 4 is 28.8 Å². The lowest BCUT2D eigenvalue weighted by Gasteiger charge is -2.27. The Labute approximate surface area is 202 Å². The quantitative estimate of drug-likeness (QED) is 0.546. The van der Waals surface area contributed by atoms with Gasteiger partial charge in [0.15, 0.2) is 0 Å². The van der Waals surface area contributed by atoms with Gasteiger partial charge in [-0.1, -0.05) is 30.3 Å². The summed E-state index contributed by atoms with van der Waals surface area (Å²) in [5, 5.41) is 3.26. The van der Waals surface area contributed by atoms with Crippen molar-refractivity contribution in [3.05, 3.63) is 65.9 Å². The second-order valence-corrected chi connectivity index (χ2v) is 8.53. The summed E-state index contributed by atoms with van der Waals surface area (Å²) in [6.45, 7) is 10.6. The molecule has 0 unspecified atom stereocenters. The number of nitrogens with one attached hydrogen (secondary N) is 1. The number of hydrogen-bond donors (Lipinski definition) is 1. The van der Waals surface area contributed by atoms with Crippen LogP contribution in [0.5, 0.6) is 0 Å². The van der Waals surface area contributed by atoms with E-state index in [4.69, 9.17) is 4.74 Å². The van der Waals surface area contributed by atoms with Crippen molar-refractivity contribution in [2.75, 3.05) is 62.7 Å². The van der Waals surface area contributed by atoms with Crippen molar-refractivity contribution < 1.29 is 14.3 Å². The van der Waals surface area contributed by atoms with Crippen LogP contribution in [0.25, 0.3) is 5.57 Å². The molecular formula is C27H34N4O3. The van der Waals surface area contributed by atoms with Gasteiger partial charge in [-0.05, 0) is 50.1 Å². The highest BCUT2D eigenvalue weighted by molar-refractivity contribution is 6.36. The zero-order valence-electron chi connectivity index (χ0n) is 20.1. The smallest absolute Gasteiger partial charge is 0.278 e. The minimum absolute atomic E-state index is 0.236. The fourth-order valence-corrected chi connectivity index (χ4v) is 4.53. The Bertz CT molecular complexity index is 1010. The standard InChI is InChI=1S/C27H34N4O3/c1-3-30(4-2)23-13-11-22(12-14-23)28-25-24(21-9-6-5-7-10-21)26(32)31(27(25)33)16-8-15-29-17-19-34-20-18-29/h5-7,9-14,28H,3-4,8,15-20H2,1-2H3. The minimum Gasteiger partial charge on any atom is -0.379 e. The van der Waals surface area contributed by atoms with Crippen molar-refractivity contribution in [2.45, 2.75) is 20.3 Å². The SMILES string of the molecule is CCN(CC)c1ccc(NC2=C(c3ccccc3)C(=O)N(CCCN3CCOCC3)C2=O)cc1. The summed E-state index contributed by atoms with van der Waals surface area (Å²) in [5.41, 5.74) is 3.45. The number of amides is 2. The van der Waals surface area contributed by atoms with Gasteiger partial charge in [0.05, 0.1) is 18.8 Å². The van der Waals surface area contributed by atoms with Crippen molar-refractivity contribution in [3.63, 3.8) is 0 Å². The molecule has 2 aliphatic heterocycles. The fourth-order valence-electron chi connectivity index (χ4n) is 4.53. The molecule has 1 N–H and O–H groups in total. The minimum atomic E-state index is -0.265. The Hall–Kier alpha value is -3.16. The Balaban J connectivity index is 1.52. The molecule has 2 aliphatic rings. The number of imide groups is 1. The number of rotatable bonds is 10. The van der Waals surface area contributed by atoms with Crippen LogP contribution in [-0.4, -0.2) is 74.1 Å². The summed E-state index contributed by atoms with van der Waals surface area (Å²) in [7, 11) is 0. The van der Waals surface area contributed by atoms with Crippen LogP contribution in [0.3, 0.4) is 0 Å². The predicted octanol–water partition coefficient (Wildman–Crippen LogP) is 3.45. The molecule has 0 aliphatic carbocycles. The van der Waals surface area contributed by atoms with Crippen LogP contribution in [-0.2, 0) is 14.3 Å². The van der Waals surface area contributed by atoms with Gasteiger partial charge in [0.1, 0.15) is 5.70 Å². The van der Waals surface area contributed by atoms with Gasteiger partial charge in [-0.3, -0.25) is 19.4 Å². The summed E-state index contributed by atoms with van der Waals surface area (Å²) in [5.74, 6) is -0.501. The van der Waals surface area contributed by atoms with Gasteiger partial charge >= 0.3 is 0 Å². The molecule has 0 bridgehead atoms. The highest BCUT2D eigenvalue weighted by Gasteiger charge is 2.38. The van der Waals surface area contributed by atoms with Crippen LogP contribution in [0.4, 0.5) is 11.4 Å². The molecule has 2 aromatic rings. The first kappa shape index (κ1) is 24.0. The number of hydrogen-bond acceptors (Lipinski definition) is 6. The van der Waals surface area contributed by atoms with Gasteiger partial charge in [-0.15, -0.1) is 0 Å². The van der Waals surface area contributed by atoms with Crippen molar-refractivity contribution in [1.82, 2.24) is 9.80 Å². The average Bonchev–Trinajstić information content (AvgIpc) is 3.11. The zero-order chi connectivity index (χ0) is 23.9. The van der Waals surface area contributed by atoms with Crippen molar-refractivity contribution in [3.8, 4) is 0 Å². The van der Waals surface area contributed by atoms with Crippen LogP contribution < -0.4 is 10.2 Å². The van der Waals surface area contributed by atoms with E-state index in [0.717, 1.165) is 69.3 Å². The number of ether oxygens (including phenoxy) is 1. The molecule has 0 saturated carbocycles. The van der Waals surface area contributed by atoms with Gasteiger partial charge < -0.3 is 15.0 Å². The molecule has 0 aromatic heterocycles. The summed E-state index contributed by atoms with van der Waals surface area (Å²) >= 11 is 0. The predicted molar refractivity (Wildman–Crippen MR) is 136 cm³/mol. The third-order valence-corrected chi connectivity index (χ3v) is 6.46. The molecular weight excluding hydrogens is 428 g/mol. The largest absolute Gasteiger partial charge is 0.379 e. The molecule has 2 amide bonds. The number of carbonyl (C=O) groups is 2. The van der Waals surface area contributed by atoms with E-state index < -0.39 is 0 Å². The summed E-state index contributed by atoms with van der Waals surface area (Å²) in [6, 6.07) is 17.4. The second-order valence-electron chi connectivity index (χ2n) is 8.53. The van der Waals surface area contributed by atoms with E-state index in [9.17, 15) is 9.59 Å². The van der Waals surface area contributed by atoms with Gasteiger partial charge in [0, 0.05) is 50.6 Å². The summed E-state index contributed by atoms with van der Waals surface area (Å²) in [4.78, 5) is 32.7. The van der Waals surface area contributed by atoms with E-state index in [2.05, 4.69) is 29.0 Å². The molecule has 2 aromatic carbocycles. The number of benzene rings is 2. The van der Waals surface area contributed by atoms with E-state index in [1.807, 2.05) is 54.6 Å². The molecule has 180 valence electrons. The maximum Gasteiger partial charge on any atom is 0.278 e. The first-order chi connectivity index (χ1) is 16.6. The molecule has 7 heteroatoms. The van der Waals surface area contributed by atoms with Crippen molar-refractivity contribution in [2.24, 2.45) is 0 Å².